The third-order valence-corrected chi connectivity index (χ3v) is 4.84. The molecule has 3 nitrogen and oxygen atoms in total. The van der Waals surface area contributed by atoms with E-state index in [1.54, 1.807) is 12.1 Å². The molecule has 0 radical (unpaired) electrons. The van der Waals surface area contributed by atoms with Gasteiger partial charge in [-0.05, 0) is 36.4 Å². The monoisotopic (exact) mass is 397 g/mol. The highest BCUT2D eigenvalue weighted by Crippen LogP contribution is 2.38. The average molecular weight is 398 g/mol. The highest BCUT2D eigenvalue weighted by atomic mass is 79.9. The Morgan fingerprint density at radius 1 is 1.22 bits per heavy atom. The van der Waals surface area contributed by atoms with Crippen LogP contribution >= 0.6 is 27.3 Å². The SMILES string of the molecule is COc1c(C(=O)Nc2ccc(Br)cc2F)sc2ccc(F)cc12. The van der Waals surface area contributed by atoms with Gasteiger partial charge < -0.3 is 10.1 Å². The van der Waals surface area contributed by atoms with E-state index in [1.807, 2.05) is 0 Å². The Balaban J connectivity index is 2.00. The maximum absolute atomic E-state index is 13.8. The van der Waals surface area contributed by atoms with Crippen LogP contribution in [0, 0.1) is 11.6 Å². The minimum atomic E-state index is -0.557. The molecule has 0 unspecified atom stereocenters. The number of anilines is 1. The fourth-order valence-corrected chi connectivity index (χ4v) is 3.55. The molecule has 0 aliphatic carbocycles. The van der Waals surface area contributed by atoms with Gasteiger partial charge in [-0.3, -0.25) is 4.79 Å². The Hall–Kier alpha value is -1.99. The molecule has 1 N–H and O–H groups in total. The van der Waals surface area contributed by atoms with E-state index >= 15 is 0 Å². The Morgan fingerprint density at radius 2 is 2.00 bits per heavy atom. The zero-order valence-electron chi connectivity index (χ0n) is 11.8. The molecule has 0 spiro atoms. The molecule has 1 aromatic heterocycles. The standard InChI is InChI=1S/C16H10BrF2NO2S/c1-22-14-10-7-9(18)3-5-13(10)23-15(14)16(21)20-12-4-2-8(17)6-11(12)19/h2-7H,1H3,(H,20,21). The van der Waals surface area contributed by atoms with Gasteiger partial charge in [-0.1, -0.05) is 15.9 Å². The number of carbonyl (C=O) groups is 1. The smallest absolute Gasteiger partial charge is 0.269 e. The lowest BCUT2D eigenvalue weighted by molar-refractivity contribution is 0.102. The van der Waals surface area contributed by atoms with Crippen LogP contribution in [0.2, 0.25) is 0 Å². The van der Waals surface area contributed by atoms with Crippen LogP contribution in [0.5, 0.6) is 5.75 Å². The topological polar surface area (TPSA) is 38.3 Å². The zero-order chi connectivity index (χ0) is 16.6. The summed E-state index contributed by atoms with van der Waals surface area (Å²) >= 11 is 4.31. The fraction of sp³-hybridized carbons (Fsp3) is 0.0625. The quantitative estimate of drug-likeness (QED) is 0.659. The summed E-state index contributed by atoms with van der Waals surface area (Å²) in [5.74, 6) is -1.21. The van der Waals surface area contributed by atoms with Crippen molar-refractivity contribution in [2.24, 2.45) is 0 Å². The van der Waals surface area contributed by atoms with Gasteiger partial charge in [0.15, 0.2) is 0 Å². The molecule has 1 heterocycles. The highest BCUT2D eigenvalue weighted by molar-refractivity contribution is 9.10. The van der Waals surface area contributed by atoms with Gasteiger partial charge in [0, 0.05) is 14.6 Å². The molecular formula is C16H10BrF2NO2S. The summed E-state index contributed by atoms with van der Waals surface area (Å²) in [6.45, 7) is 0. The Bertz CT molecular complexity index is 910. The molecule has 3 rings (SSSR count). The number of methoxy groups -OCH3 is 1. The van der Waals surface area contributed by atoms with Gasteiger partial charge in [0.25, 0.3) is 5.91 Å². The summed E-state index contributed by atoms with van der Waals surface area (Å²) in [6.07, 6.45) is 0. The number of halogens is 3. The predicted octanol–water partition coefficient (Wildman–Crippen LogP) is 5.20. The minimum absolute atomic E-state index is 0.0592. The normalized spacial score (nSPS) is 10.8. The van der Waals surface area contributed by atoms with Crippen molar-refractivity contribution in [3.8, 4) is 5.75 Å². The molecule has 0 bridgehead atoms. The van der Waals surface area contributed by atoms with Crippen molar-refractivity contribution in [1.29, 1.82) is 0 Å². The largest absolute Gasteiger partial charge is 0.494 e. The molecule has 0 saturated carbocycles. The van der Waals surface area contributed by atoms with Crippen molar-refractivity contribution >= 4 is 48.9 Å². The lowest BCUT2D eigenvalue weighted by Gasteiger charge is -2.07. The maximum Gasteiger partial charge on any atom is 0.269 e. The van der Waals surface area contributed by atoms with Crippen molar-refractivity contribution in [3.05, 3.63) is 57.4 Å². The molecule has 0 atom stereocenters. The summed E-state index contributed by atoms with van der Waals surface area (Å²) in [6, 6.07) is 8.53. The first-order valence-electron chi connectivity index (χ1n) is 6.52. The highest BCUT2D eigenvalue weighted by Gasteiger charge is 2.20. The van der Waals surface area contributed by atoms with Gasteiger partial charge in [-0.2, -0.15) is 0 Å². The lowest BCUT2D eigenvalue weighted by Crippen LogP contribution is -2.12. The zero-order valence-corrected chi connectivity index (χ0v) is 14.2. The number of thiophene rings is 1. The van der Waals surface area contributed by atoms with Gasteiger partial charge in [0.05, 0.1) is 12.8 Å². The summed E-state index contributed by atoms with van der Waals surface area (Å²) in [5.41, 5.74) is 0.0592. The molecule has 0 aliphatic heterocycles. The number of fused-ring (bicyclic) bond motifs is 1. The van der Waals surface area contributed by atoms with Crippen LogP contribution in [0.4, 0.5) is 14.5 Å². The number of amides is 1. The molecule has 7 heteroatoms. The van der Waals surface area contributed by atoms with Gasteiger partial charge in [0.2, 0.25) is 0 Å². The second kappa shape index (κ2) is 6.25. The Labute approximate surface area is 143 Å². The summed E-state index contributed by atoms with van der Waals surface area (Å²) in [5, 5.41) is 3.02. The van der Waals surface area contributed by atoms with Crippen LogP contribution in [0.1, 0.15) is 9.67 Å². The first-order chi connectivity index (χ1) is 11.0. The van der Waals surface area contributed by atoms with Gasteiger partial charge in [-0.25, -0.2) is 8.78 Å². The molecule has 0 saturated heterocycles. The molecule has 23 heavy (non-hydrogen) atoms. The fourth-order valence-electron chi connectivity index (χ4n) is 2.17. The third kappa shape index (κ3) is 3.07. The first kappa shape index (κ1) is 15.9. The van der Waals surface area contributed by atoms with Gasteiger partial charge in [-0.15, -0.1) is 11.3 Å². The molecular weight excluding hydrogens is 388 g/mol. The number of ether oxygens (including phenoxy) is 1. The molecule has 0 aliphatic rings. The van der Waals surface area contributed by atoms with Gasteiger partial charge >= 0.3 is 0 Å². The number of benzene rings is 2. The molecule has 0 fully saturated rings. The number of hydrogen-bond acceptors (Lipinski definition) is 3. The second-order valence-corrected chi connectivity index (χ2v) is 6.65. The van der Waals surface area contributed by atoms with E-state index in [-0.39, 0.29) is 16.3 Å². The molecule has 118 valence electrons. The minimum Gasteiger partial charge on any atom is -0.494 e. The first-order valence-corrected chi connectivity index (χ1v) is 8.13. The van der Waals surface area contributed by atoms with E-state index in [4.69, 9.17) is 4.74 Å². The van der Waals surface area contributed by atoms with Crippen LogP contribution < -0.4 is 10.1 Å². The van der Waals surface area contributed by atoms with E-state index in [2.05, 4.69) is 21.2 Å². The van der Waals surface area contributed by atoms with Gasteiger partial charge in [0.1, 0.15) is 22.3 Å². The number of rotatable bonds is 3. The van der Waals surface area contributed by atoms with E-state index < -0.39 is 17.5 Å². The maximum atomic E-state index is 13.8. The number of hydrogen-bond donors (Lipinski definition) is 1. The van der Waals surface area contributed by atoms with Crippen molar-refractivity contribution < 1.29 is 18.3 Å². The number of nitrogens with one attached hydrogen (secondary N) is 1. The van der Waals surface area contributed by atoms with E-state index in [9.17, 15) is 13.6 Å². The average Bonchev–Trinajstić information content (AvgIpc) is 2.87. The van der Waals surface area contributed by atoms with Crippen molar-refractivity contribution in [1.82, 2.24) is 0 Å². The lowest BCUT2D eigenvalue weighted by atomic mass is 10.2. The van der Waals surface area contributed by atoms with E-state index in [0.29, 0.717) is 14.6 Å². The van der Waals surface area contributed by atoms with Crippen LogP contribution in [0.25, 0.3) is 10.1 Å². The van der Waals surface area contributed by atoms with E-state index in [1.165, 1.54) is 31.4 Å². The van der Waals surface area contributed by atoms with E-state index in [0.717, 1.165) is 11.3 Å². The van der Waals surface area contributed by atoms with Crippen LogP contribution in [0.3, 0.4) is 0 Å². The van der Waals surface area contributed by atoms with Crippen molar-refractivity contribution in [2.75, 3.05) is 12.4 Å². The Morgan fingerprint density at radius 3 is 2.70 bits per heavy atom. The molecule has 1 amide bonds. The predicted molar refractivity (Wildman–Crippen MR) is 90.4 cm³/mol. The second-order valence-electron chi connectivity index (χ2n) is 4.68. The Kier molecular flexibility index (Phi) is 4.32. The van der Waals surface area contributed by atoms with Crippen LogP contribution in [-0.2, 0) is 0 Å². The molecule has 3 aromatic rings. The summed E-state index contributed by atoms with van der Waals surface area (Å²) in [4.78, 5) is 12.7. The summed E-state index contributed by atoms with van der Waals surface area (Å²) in [7, 11) is 1.41. The third-order valence-electron chi connectivity index (χ3n) is 3.19. The van der Waals surface area contributed by atoms with Crippen LogP contribution in [-0.4, -0.2) is 13.0 Å². The molecule has 2 aromatic carbocycles. The summed E-state index contributed by atoms with van der Waals surface area (Å²) < 4.78 is 33.8. The van der Waals surface area contributed by atoms with Crippen molar-refractivity contribution in [3.63, 3.8) is 0 Å². The van der Waals surface area contributed by atoms with Crippen molar-refractivity contribution in [2.45, 2.75) is 0 Å². The number of carbonyl (C=O) groups excluding carboxylic acids is 1. The van der Waals surface area contributed by atoms with Crippen LogP contribution in [0.15, 0.2) is 40.9 Å².